The Bertz CT molecular complexity index is 910. The lowest BCUT2D eigenvalue weighted by Crippen LogP contribution is -2.19. The van der Waals surface area contributed by atoms with Gasteiger partial charge in [-0.25, -0.2) is 14.2 Å². The molecule has 0 unspecified atom stereocenters. The van der Waals surface area contributed by atoms with E-state index in [4.69, 9.17) is 9.84 Å². The van der Waals surface area contributed by atoms with E-state index in [-0.39, 0.29) is 11.7 Å². The number of benzene rings is 2. The molecule has 0 aromatic heterocycles. The van der Waals surface area contributed by atoms with Gasteiger partial charge in [0, 0.05) is 0 Å². The molecule has 2 N–H and O–H groups in total. The number of aliphatic imine (C=N–C) groups is 1. The van der Waals surface area contributed by atoms with Crippen molar-refractivity contribution >= 4 is 40.6 Å². The number of aliphatic carboxylic acids is 1. The molecular weight excluding hydrogens is 359 g/mol. The average Bonchev–Trinajstić information content (AvgIpc) is 2.95. The summed E-state index contributed by atoms with van der Waals surface area (Å²) >= 11 is 1.16. The molecule has 8 heteroatoms. The number of rotatable bonds is 5. The summed E-state index contributed by atoms with van der Waals surface area (Å²) in [5.74, 6) is -1.33. The summed E-state index contributed by atoms with van der Waals surface area (Å²) in [6.07, 6.45) is 1.65. The molecule has 1 fully saturated rings. The number of carboxylic acids is 1. The number of halogens is 1. The number of nitrogens with zero attached hydrogens (tertiary/aromatic N) is 1. The molecule has 1 amide bonds. The number of carbonyl (C=O) groups excluding carboxylic acids is 1. The summed E-state index contributed by atoms with van der Waals surface area (Å²) in [5, 5.41) is 11.7. The first-order valence-corrected chi connectivity index (χ1v) is 8.31. The van der Waals surface area contributed by atoms with E-state index in [0.29, 0.717) is 27.1 Å². The van der Waals surface area contributed by atoms with Crippen LogP contribution < -0.4 is 10.1 Å². The van der Waals surface area contributed by atoms with Crippen LogP contribution in [0.25, 0.3) is 6.08 Å². The zero-order valence-corrected chi connectivity index (χ0v) is 14.1. The molecule has 1 aliphatic rings. The predicted octanol–water partition coefficient (Wildman–Crippen LogP) is 3.18. The molecule has 1 heterocycles. The first kappa shape index (κ1) is 17.7. The third-order valence-corrected chi connectivity index (χ3v) is 4.14. The van der Waals surface area contributed by atoms with E-state index in [1.165, 1.54) is 24.3 Å². The van der Waals surface area contributed by atoms with Crippen molar-refractivity contribution in [2.75, 3.05) is 6.61 Å². The van der Waals surface area contributed by atoms with Crippen molar-refractivity contribution in [2.45, 2.75) is 0 Å². The van der Waals surface area contributed by atoms with Gasteiger partial charge in [-0.05, 0) is 59.8 Å². The van der Waals surface area contributed by atoms with Crippen LogP contribution in [0.4, 0.5) is 10.1 Å². The van der Waals surface area contributed by atoms with Crippen molar-refractivity contribution in [3.8, 4) is 5.75 Å². The van der Waals surface area contributed by atoms with Crippen molar-refractivity contribution in [3.63, 3.8) is 0 Å². The number of carbonyl (C=O) groups is 2. The van der Waals surface area contributed by atoms with Crippen LogP contribution in [0.3, 0.4) is 0 Å². The Kier molecular flexibility index (Phi) is 5.33. The zero-order chi connectivity index (χ0) is 18.5. The van der Waals surface area contributed by atoms with E-state index >= 15 is 0 Å². The Morgan fingerprint density at radius 2 is 2.04 bits per heavy atom. The number of carboxylic acid groups (broad SMARTS) is 1. The van der Waals surface area contributed by atoms with Gasteiger partial charge in [-0.1, -0.05) is 12.1 Å². The fourth-order valence-corrected chi connectivity index (χ4v) is 2.95. The largest absolute Gasteiger partial charge is 0.482 e. The van der Waals surface area contributed by atoms with Gasteiger partial charge >= 0.3 is 5.97 Å². The molecule has 0 spiro atoms. The maximum atomic E-state index is 12.9. The van der Waals surface area contributed by atoms with Gasteiger partial charge in [0.2, 0.25) is 0 Å². The zero-order valence-electron chi connectivity index (χ0n) is 13.3. The van der Waals surface area contributed by atoms with E-state index in [1.807, 2.05) is 0 Å². The molecule has 0 saturated carbocycles. The van der Waals surface area contributed by atoms with Crippen LogP contribution in [-0.4, -0.2) is 28.8 Å². The Morgan fingerprint density at radius 3 is 2.77 bits per heavy atom. The molecule has 2 aromatic carbocycles. The lowest BCUT2D eigenvalue weighted by molar-refractivity contribution is -0.139. The second-order valence-corrected chi connectivity index (χ2v) is 6.24. The highest BCUT2D eigenvalue weighted by Crippen LogP contribution is 2.28. The highest BCUT2D eigenvalue weighted by atomic mass is 32.2. The number of hydrogen-bond acceptors (Lipinski definition) is 5. The fourth-order valence-electron chi connectivity index (χ4n) is 2.10. The van der Waals surface area contributed by atoms with E-state index in [0.717, 1.165) is 11.8 Å². The molecule has 132 valence electrons. The van der Waals surface area contributed by atoms with Gasteiger partial charge in [0.15, 0.2) is 11.8 Å². The molecule has 0 aliphatic carbocycles. The summed E-state index contributed by atoms with van der Waals surface area (Å²) < 4.78 is 18.0. The van der Waals surface area contributed by atoms with Gasteiger partial charge in [0.05, 0.1) is 10.6 Å². The molecule has 0 radical (unpaired) electrons. The minimum Gasteiger partial charge on any atom is -0.482 e. The average molecular weight is 372 g/mol. The number of nitrogens with one attached hydrogen (secondary N) is 1. The topological polar surface area (TPSA) is 88.0 Å². The van der Waals surface area contributed by atoms with E-state index in [1.54, 1.807) is 30.3 Å². The monoisotopic (exact) mass is 372 g/mol. The lowest BCUT2D eigenvalue weighted by atomic mass is 10.2. The maximum Gasteiger partial charge on any atom is 0.341 e. The van der Waals surface area contributed by atoms with Gasteiger partial charge in [-0.2, -0.15) is 0 Å². The van der Waals surface area contributed by atoms with Crippen LogP contribution >= 0.6 is 11.8 Å². The number of thioether (sulfide) groups is 1. The number of ether oxygens (including phenoxy) is 1. The van der Waals surface area contributed by atoms with Gasteiger partial charge in [-0.3, -0.25) is 4.79 Å². The summed E-state index contributed by atoms with van der Waals surface area (Å²) in [7, 11) is 0. The Morgan fingerprint density at radius 1 is 1.27 bits per heavy atom. The smallest absolute Gasteiger partial charge is 0.341 e. The number of hydrogen-bond donors (Lipinski definition) is 2. The normalized spacial score (nSPS) is 16.7. The first-order valence-electron chi connectivity index (χ1n) is 7.49. The molecule has 0 bridgehead atoms. The molecular formula is C18H13FN2O4S. The molecule has 26 heavy (non-hydrogen) atoms. The minimum absolute atomic E-state index is 0.298. The van der Waals surface area contributed by atoms with Crippen LogP contribution in [0, 0.1) is 5.82 Å². The summed E-state index contributed by atoms with van der Waals surface area (Å²) in [4.78, 5) is 27.3. The van der Waals surface area contributed by atoms with E-state index in [2.05, 4.69) is 10.3 Å². The van der Waals surface area contributed by atoms with Gasteiger partial charge in [-0.15, -0.1) is 0 Å². The summed E-state index contributed by atoms with van der Waals surface area (Å²) in [6.45, 7) is -0.441. The lowest BCUT2D eigenvalue weighted by Gasteiger charge is -2.03. The molecule has 1 aliphatic heterocycles. The molecule has 3 rings (SSSR count). The maximum absolute atomic E-state index is 12.9. The van der Waals surface area contributed by atoms with Gasteiger partial charge in [0.25, 0.3) is 5.91 Å². The van der Waals surface area contributed by atoms with Crippen LogP contribution in [-0.2, 0) is 9.59 Å². The van der Waals surface area contributed by atoms with Gasteiger partial charge in [0.1, 0.15) is 11.6 Å². The summed E-state index contributed by atoms with van der Waals surface area (Å²) in [6, 6.07) is 12.4. The van der Waals surface area contributed by atoms with Crippen molar-refractivity contribution < 1.29 is 23.8 Å². The second-order valence-electron chi connectivity index (χ2n) is 5.21. The highest BCUT2D eigenvalue weighted by molar-refractivity contribution is 8.18. The highest BCUT2D eigenvalue weighted by Gasteiger charge is 2.23. The Labute approximate surface area is 152 Å². The Balaban J connectivity index is 1.75. The van der Waals surface area contributed by atoms with Crippen LogP contribution in [0.15, 0.2) is 58.4 Å². The first-order chi connectivity index (χ1) is 12.5. The van der Waals surface area contributed by atoms with E-state index in [9.17, 15) is 14.0 Å². The van der Waals surface area contributed by atoms with Crippen LogP contribution in [0.1, 0.15) is 5.56 Å². The summed E-state index contributed by atoms with van der Waals surface area (Å²) in [5.41, 5.74) is 1.22. The standard InChI is InChI=1S/C18H13FN2O4S/c19-12-4-6-13(7-5-12)20-18-21-17(24)15(26-18)9-11-2-1-3-14(8-11)25-10-16(22)23/h1-9H,10H2,(H,22,23)(H,20,21,24)/b15-9+. The molecule has 0 atom stereocenters. The second kappa shape index (κ2) is 7.83. The molecule has 2 aromatic rings. The molecule has 6 nitrogen and oxygen atoms in total. The fraction of sp³-hybridized carbons (Fsp3) is 0.0556. The van der Waals surface area contributed by atoms with Gasteiger partial charge < -0.3 is 15.2 Å². The number of amidine groups is 1. The Hall–Kier alpha value is -3.13. The molecule has 1 saturated heterocycles. The number of amides is 1. The predicted molar refractivity (Wildman–Crippen MR) is 96.8 cm³/mol. The third-order valence-electron chi connectivity index (χ3n) is 3.23. The van der Waals surface area contributed by atoms with Crippen molar-refractivity contribution in [1.82, 2.24) is 5.32 Å². The SMILES string of the molecule is O=C(O)COc1cccc(/C=C2/SC(=Nc3ccc(F)cc3)NC2=O)c1. The third kappa shape index (κ3) is 4.70. The van der Waals surface area contributed by atoms with Crippen molar-refractivity contribution in [1.29, 1.82) is 0 Å². The van der Waals surface area contributed by atoms with Crippen molar-refractivity contribution in [3.05, 3.63) is 64.8 Å². The van der Waals surface area contributed by atoms with Crippen LogP contribution in [0.5, 0.6) is 5.75 Å². The van der Waals surface area contributed by atoms with Crippen LogP contribution in [0.2, 0.25) is 0 Å². The quantitative estimate of drug-likeness (QED) is 0.787. The van der Waals surface area contributed by atoms with E-state index < -0.39 is 12.6 Å². The minimum atomic E-state index is -1.07. The van der Waals surface area contributed by atoms with Crippen molar-refractivity contribution in [2.24, 2.45) is 4.99 Å².